The first-order chi connectivity index (χ1) is 20.1. The normalized spacial score (nSPS) is 38.6. The molecule has 0 radical (unpaired) electrons. The third-order valence-corrected chi connectivity index (χ3v) is 11.0. The van der Waals surface area contributed by atoms with Crippen LogP contribution in [-0.4, -0.2) is 74.6 Å². The van der Waals surface area contributed by atoms with Crippen LogP contribution < -0.4 is 10.6 Å². The molecule has 0 spiro atoms. The number of allylic oxidation sites excluding steroid dienone is 1. The van der Waals surface area contributed by atoms with Gasteiger partial charge in [-0.2, -0.15) is 0 Å². The van der Waals surface area contributed by atoms with E-state index in [4.69, 9.17) is 0 Å². The van der Waals surface area contributed by atoms with E-state index in [1.165, 1.54) is 17.5 Å². The van der Waals surface area contributed by atoms with E-state index in [1.54, 1.807) is 0 Å². The molecule has 234 valence electrons. The van der Waals surface area contributed by atoms with E-state index in [0.717, 1.165) is 77.2 Å². The Balaban J connectivity index is 1.34. The Morgan fingerprint density at radius 1 is 1.07 bits per heavy atom. The first kappa shape index (κ1) is 31.5. The zero-order valence-corrected chi connectivity index (χ0v) is 25.9. The third-order valence-electron chi connectivity index (χ3n) is 11.0. The number of nitrogens with one attached hydrogen (secondary N) is 2. The number of piperidine rings is 2. The van der Waals surface area contributed by atoms with Crippen molar-refractivity contribution in [3.8, 4) is 0 Å². The maximum atomic E-state index is 11.7. The van der Waals surface area contributed by atoms with Crippen molar-refractivity contribution in [2.45, 2.75) is 139 Å². The third kappa shape index (κ3) is 8.16. The van der Waals surface area contributed by atoms with Gasteiger partial charge in [0, 0.05) is 24.2 Å². The summed E-state index contributed by atoms with van der Waals surface area (Å²) in [5, 5.41) is 38.7. The Morgan fingerprint density at radius 3 is 2.67 bits per heavy atom. The number of rotatable bonds is 3. The van der Waals surface area contributed by atoms with Crippen molar-refractivity contribution in [1.29, 1.82) is 0 Å². The fourth-order valence-corrected chi connectivity index (χ4v) is 8.36. The molecule has 2 fully saturated rings. The van der Waals surface area contributed by atoms with Crippen LogP contribution in [0.2, 0.25) is 0 Å². The fraction of sp³-hybridized carbons (Fsp3) is 0.743. The van der Waals surface area contributed by atoms with E-state index in [9.17, 15) is 20.1 Å². The van der Waals surface area contributed by atoms with Crippen LogP contribution in [0.15, 0.2) is 36.5 Å². The molecule has 0 aromatic heterocycles. The number of β-amino-alcohol motifs (C(OH)–C–C–N with tert-alkyl or cyclic N) is 1. The molecule has 4 heterocycles. The zero-order chi connectivity index (χ0) is 29.7. The summed E-state index contributed by atoms with van der Waals surface area (Å²) in [6.07, 6.45) is 17.2. The van der Waals surface area contributed by atoms with Crippen LogP contribution in [0.3, 0.4) is 0 Å². The van der Waals surface area contributed by atoms with E-state index < -0.39 is 11.6 Å². The van der Waals surface area contributed by atoms with Gasteiger partial charge in [0.2, 0.25) is 0 Å². The monoisotopic (exact) mass is 581 g/mol. The SMILES string of the molecule is CC1C(O)CCC2CC(C3CCCCCCC(O)(CC(=O)O)CNC4(C)CCNC(Cc5cccc(c5)C3)C4)C=CN21. The van der Waals surface area contributed by atoms with E-state index in [2.05, 4.69) is 65.9 Å². The predicted octanol–water partition coefficient (Wildman–Crippen LogP) is 4.80. The van der Waals surface area contributed by atoms with Crippen LogP contribution in [0, 0.1) is 11.8 Å². The molecule has 8 atom stereocenters. The number of aliphatic carboxylic acids is 1. The lowest BCUT2D eigenvalue weighted by Gasteiger charge is -2.47. The molecule has 42 heavy (non-hydrogen) atoms. The lowest BCUT2D eigenvalue weighted by molar-refractivity contribution is -0.143. The number of benzene rings is 1. The molecule has 1 aromatic carbocycles. The number of aliphatic hydroxyl groups excluding tert-OH is 1. The summed E-state index contributed by atoms with van der Waals surface area (Å²) in [7, 11) is 0. The van der Waals surface area contributed by atoms with Crippen molar-refractivity contribution in [2.75, 3.05) is 13.1 Å². The lowest BCUT2D eigenvalue weighted by Crippen LogP contribution is -2.58. The molecule has 4 aliphatic heterocycles. The topological polar surface area (TPSA) is 105 Å². The standard InChI is InChI=1S/C35H55N3O4/c1-25-32(39)12-11-31-21-29(13-17-38(25)31)28-10-5-3-4-6-14-35(42,23-33(40)41)24-37-34(2)15-16-36-30(22-34)20-27-9-7-8-26(18-27)19-28/h7-9,13,17-18,25,28-32,36-37,39,42H,3-6,10-12,14-16,19-24H2,1-2H3,(H,40,41). The van der Waals surface area contributed by atoms with Crippen LogP contribution in [0.5, 0.6) is 0 Å². The first-order valence-corrected chi connectivity index (χ1v) is 16.8. The second kappa shape index (κ2) is 13.8. The molecule has 4 aliphatic rings. The average Bonchev–Trinajstić information content (AvgIpc) is 2.95. The van der Waals surface area contributed by atoms with Crippen LogP contribution in [0.25, 0.3) is 0 Å². The summed E-state index contributed by atoms with van der Waals surface area (Å²) in [5.74, 6) is 0.179. The van der Waals surface area contributed by atoms with Gasteiger partial charge in [0.1, 0.15) is 0 Å². The number of fused-ring (bicyclic) bond motifs is 5. The van der Waals surface area contributed by atoms with Gasteiger partial charge in [-0.3, -0.25) is 4.79 Å². The van der Waals surface area contributed by atoms with Gasteiger partial charge in [-0.05, 0) is 107 Å². The van der Waals surface area contributed by atoms with Crippen LogP contribution >= 0.6 is 0 Å². The summed E-state index contributed by atoms with van der Waals surface area (Å²) in [4.78, 5) is 14.1. The highest BCUT2D eigenvalue weighted by molar-refractivity contribution is 5.68. The summed E-state index contributed by atoms with van der Waals surface area (Å²) < 4.78 is 0. The van der Waals surface area contributed by atoms with Gasteiger partial charge >= 0.3 is 5.97 Å². The number of nitrogens with zero attached hydrogens (tertiary/aromatic N) is 1. The summed E-state index contributed by atoms with van der Waals surface area (Å²) in [6, 6.07) is 10.3. The van der Waals surface area contributed by atoms with E-state index in [0.29, 0.717) is 36.9 Å². The van der Waals surface area contributed by atoms with Crippen LogP contribution in [0.1, 0.15) is 102 Å². The second-order valence-electron chi connectivity index (χ2n) is 14.5. The smallest absolute Gasteiger partial charge is 0.306 e. The highest BCUT2D eigenvalue weighted by Gasteiger charge is 2.38. The summed E-state index contributed by atoms with van der Waals surface area (Å²) in [6.45, 7) is 5.62. The Morgan fingerprint density at radius 2 is 1.86 bits per heavy atom. The molecule has 7 nitrogen and oxygen atoms in total. The van der Waals surface area contributed by atoms with E-state index >= 15 is 0 Å². The summed E-state index contributed by atoms with van der Waals surface area (Å²) >= 11 is 0. The molecule has 5 rings (SSSR count). The number of carboxylic acid groups (broad SMARTS) is 1. The Kier molecular flexibility index (Phi) is 10.3. The van der Waals surface area contributed by atoms with Crippen molar-refractivity contribution in [1.82, 2.24) is 15.5 Å². The quantitative estimate of drug-likeness (QED) is 0.349. The largest absolute Gasteiger partial charge is 0.481 e. The molecule has 2 saturated heterocycles. The molecule has 0 amide bonds. The predicted molar refractivity (Wildman–Crippen MR) is 167 cm³/mol. The van der Waals surface area contributed by atoms with E-state index in [-0.39, 0.29) is 24.1 Å². The Hall–Kier alpha value is -1.93. The minimum Gasteiger partial charge on any atom is -0.481 e. The molecule has 5 N–H and O–H groups in total. The first-order valence-electron chi connectivity index (χ1n) is 16.8. The van der Waals surface area contributed by atoms with Gasteiger partial charge in [-0.25, -0.2) is 0 Å². The molecule has 4 bridgehead atoms. The Labute approximate surface area is 253 Å². The second-order valence-corrected chi connectivity index (χ2v) is 14.5. The number of carbonyl (C=O) groups is 1. The van der Waals surface area contributed by atoms with Crippen LogP contribution in [0.4, 0.5) is 0 Å². The highest BCUT2D eigenvalue weighted by atomic mass is 16.4. The minimum atomic E-state index is -1.22. The Bertz CT molecular complexity index is 1080. The molecular weight excluding hydrogens is 526 g/mol. The zero-order valence-electron chi connectivity index (χ0n) is 25.9. The van der Waals surface area contributed by atoms with Gasteiger partial charge in [0.05, 0.1) is 24.2 Å². The highest BCUT2D eigenvalue weighted by Crippen LogP contribution is 2.38. The molecule has 8 unspecified atom stereocenters. The average molecular weight is 582 g/mol. The van der Waals surface area contributed by atoms with Crippen molar-refractivity contribution in [2.24, 2.45) is 11.8 Å². The van der Waals surface area contributed by atoms with Gasteiger partial charge in [-0.15, -0.1) is 0 Å². The summed E-state index contributed by atoms with van der Waals surface area (Å²) in [5.41, 5.74) is 1.46. The van der Waals surface area contributed by atoms with Crippen LogP contribution in [-0.2, 0) is 17.6 Å². The van der Waals surface area contributed by atoms with Crippen molar-refractivity contribution in [3.05, 3.63) is 47.7 Å². The molecule has 0 saturated carbocycles. The van der Waals surface area contributed by atoms with Gasteiger partial charge in [0.25, 0.3) is 0 Å². The van der Waals surface area contributed by atoms with Crippen molar-refractivity contribution < 1.29 is 20.1 Å². The molecule has 1 aromatic rings. The van der Waals surface area contributed by atoms with Gasteiger partial charge in [-0.1, -0.05) is 56.0 Å². The number of hydrogen-bond donors (Lipinski definition) is 5. The minimum absolute atomic E-state index is 0.135. The van der Waals surface area contributed by atoms with E-state index in [1.807, 2.05) is 0 Å². The number of hydrogen-bond acceptors (Lipinski definition) is 6. The fourth-order valence-electron chi connectivity index (χ4n) is 8.36. The lowest BCUT2D eigenvalue weighted by atomic mass is 9.75. The number of aliphatic hydroxyl groups is 2. The molecular formula is C35H55N3O4. The number of carboxylic acids is 1. The van der Waals surface area contributed by atoms with Crippen molar-refractivity contribution in [3.63, 3.8) is 0 Å². The maximum absolute atomic E-state index is 11.7. The molecule has 7 heteroatoms. The molecule has 0 aliphatic carbocycles. The van der Waals surface area contributed by atoms with Crippen molar-refractivity contribution >= 4 is 5.97 Å². The van der Waals surface area contributed by atoms with Gasteiger partial charge < -0.3 is 30.9 Å². The van der Waals surface area contributed by atoms with Gasteiger partial charge in [0.15, 0.2) is 0 Å². The maximum Gasteiger partial charge on any atom is 0.306 e.